The zero-order valence-corrected chi connectivity index (χ0v) is 16.9. The molecular weight excluding hydrogens is 384 g/mol. The van der Waals surface area contributed by atoms with Gasteiger partial charge in [0.25, 0.3) is 5.91 Å². The van der Waals surface area contributed by atoms with Gasteiger partial charge in [-0.3, -0.25) is 4.79 Å². The lowest BCUT2D eigenvalue weighted by molar-refractivity contribution is 0.0820. The lowest BCUT2D eigenvalue weighted by Crippen LogP contribution is -2.27. The van der Waals surface area contributed by atoms with E-state index in [1.807, 2.05) is 32.9 Å². The van der Waals surface area contributed by atoms with Gasteiger partial charge in [-0.15, -0.1) is 0 Å². The number of carbonyl (C=O) groups excluding carboxylic acids is 1. The maximum absolute atomic E-state index is 12.6. The van der Waals surface area contributed by atoms with Crippen LogP contribution in [0.4, 0.5) is 5.95 Å². The van der Waals surface area contributed by atoms with Gasteiger partial charge in [0.2, 0.25) is 5.95 Å². The maximum atomic E-state index is 12.6. The van der Waals surface area contributed by atoms with Crippen LogP contribution < -0.4 is 10.5 Å². The van der Waals surface area contributed by atoms with E-state index in [2.05, 4.69) is 25.9 Å². The fraction of sp³-hybridized carbons (Fsp3) is 0.389. The quantitative estimate of drug-likeness (QED) is 0.838. The molecule has 0 aliphatic carbocycles. The molecule has 25 heavy (non-hydrogen) atoms. The molecule has 1 aromatic carbocycles. The third-order valence-corrected chi connectivity index (χ3v) is 4.32. The van der Waals surface area contributed by atoms with Crippen molar-refractivity contribution >= 4 is 27.8 Å². The molecule has 0 aliphatic rings. The molecule has 0 fully saturated rings. The third-order valence-electron chi connectivity index (χ3n) is 3.86. The minimum Gasteiger partial charge on any atom is -0.484 e. The SMILES string of the molecule is Cc1cc(Br)cc(C)c1OC(C)c1nc(N)nc(C)c1C(=O)N(C)C. The van der Waals surface area contributed by atoms with Crippen molar-refractivity contribution in [1.82, 2.24) is 14.9 Å². The van der Waals surface area contributed by atoms with Crippen LogP contribution in [0.5, 0.6) is 5.75 Å². The fourth-order valence-electron chi connectivity index (χ4n) is 2.72. The van der Waals surface area contributed by atoms with E-state index in [4.69, 9.17) is 10.5 Å². The molecule has 2 N–H and O–H groups in total. The number of carbonyl (C=O) groups is 1. The second-order valence-electron chi connectivity index (χ2n) is 6.26. The summed E-state index contributed by atoms with van der Waals surface area (Å²) >= 11 is 3.48. The summed E-state index contributed by atoms with van der Waals surface area (Å²) in [7, 11) is 3.38. The second-order valence-corrected chi connectivity index (χ2v) is 7.17. The number of hydrogen-bond acceptors (Lipinski definition) is 5. The highest BCUT2D eigenvalue weighted by Gasteiger charge is 2.25. The molecule has 2 aromatic rings. The summed E-state index contributed by atoms with van der Waals surface area (Å²) in [5, 5.41) is 0. The molecule has 0 saturated carbocycles. The van der Waals surface area contributed by atoms with Gasteiger partial charge >= 0.3 is 0 Å². The highest BCUT2D eigenvalue weighted by atomic mass is 79.9. The molecule has 1 unspecified atom stereocenters. The molecule has 7 heteroatoms. The molecule has 1 aromatic heterocycles. The summed E-state index contributed by atoms with van der Waals surface area (Å²) in [6.45, 7) is 7.56. The summed E-state index contributed by atoms with van der Waals surface area (Å²) in [4.78, 5) is 22.5. The second kappa shape index (κ2) is 7.39. The summed E-state index contributed by atoms with van der Waals surface area (Å²) in [6, 6.07) is 3.97. The van der Waals surface area contributed by atoms with Crippen molar-refractivity contribution < 1.29 is 9.53 Å². The highest BCUT2D eigenvalue weighted by Crippen LogP contribution is 2.32. The average Bonchev–Trinajstić information content (AvgIpc) is 2.49. The lowest BCUT2D eigenvalue weighted by atomic mass is 10.1. The van der Waals surface area contributed by atoms with Gasteiger partial charge in [-0.25, -0.2) is 9.97 Å². The van der Waals surface area contributed by atoms with Gasteiger partial charge in [0.05, 0.1) is 17.0 Å². The first-order chi connectivity index (χ1) is 11.6. The molecule has 0 saturated heterocycles. The Morgan fingerprint density at radius 3 is 2.28 bits per heavy atom. The molecule has 1 heterocycles. The number of amides is 1. The minimum absolute atomic E-state index is 0.127. The van der Waals surface area contributed by atoms with Crippen molar-refractivity contribution in [2.75, 3.05) is 19.8 Å². The van der Waals surface area contributed by atoms with Crippen LogP contribution in [0.3, 0.4) is 0 Å². The summed E-state index contributed by atoms with van der Waals surface area (Å²) in [5.41, 5.74) is 9.27. The van der Waals surface area contributed by atoms with Crippen molar-refractivity contribution in [3.05, 3.63) is 44.7 Å². The Labute approximate surface area is 156 Å². The highest BCUT2D eigenvalue weighted by molar-refractivity contribution is 9.10. The molecule has 0 radical (unpaired) electrons. The van der Waals surface area contributed by atoms with Gasteiger partial charge in [-0.1, -0.05) is 15.9 Å². The molecular formula is C18H23BrN4O2. The van der Waals surface area contributed by atoms with Crippen LogP contribution in [0.2, 0.25) is 0 Å². The Morgan fingerprint density at radius 1 is 1.20 bits per heavy atom. The molecule has 0 spiro atoms. The Bertz CT molecular complexity index is 798. The van der Waals surface area contributed by atoms with Gasteiger partial charge < -0.3 is 15.4 Å². The fourth-order valence-corrected chi connectivity index (χ4v) is 3.40. The van der Waals surface area contributed by atoms with E-state index in [9.17, 15) is 4.79 Å². The molecule has 1 atom stereocenters. The van der Waals surface area contributed by atoms with Crippen LogP contribution >= 0.6 is 15.9 Å². The Hall–Kier alpha value is -2.15. The molecule has 1 amide bonds. The van der Waals surface area contributed by atoms with Crippen LogP contribution in [0.1, 0.15) is 45.9 Å². The lowest BCUT2D eigenvalue weighted by Gasteiger charge is -2.22. The normalized spacial score (nSPS) is 12.0. The number of nitrogens with zero attached hydrogens (tertiary/aromatic N) is 3. The van der Waals surface area contributed by atoms with Crippen LogP contribution in [0.25, 0.3) is 0 Å². The van der Waals surface area contributed by atoms with Gasteiger partial charge in [0.1, 0.15) is 11.9 Å². The molecule has 0 bridgehead atoms. The topological polar surface area (TPSA) is 81.3 Å². The molecule has 134 valence electrons. The molecule has 6 nitrogen and oxygen atoms in total. The number of hydrogen-bond donors (Lipinski definition) is 1. The standard InChI is InChI=1S/C18H23BrN4O2/c1-9-7-13(19)8-10(2)16(9)25-12(4)15-14(17(24)23(5)6)11(3)21-18(20)22-15/h7-8,12H,1-6H3,(H2,20,21,22). The Kier molecular flexibility index (Phi) is 5.67. The third kappa shape index (κ3) is 4.10. The first-order valence-corrected chi connectivity index (χ1v) is 8.70. The number of nitrogen functional groups attached to an aromatic ring is 1. The number of benzene rings is 1. The van der Waals surface area contributed by atoms with Gasteiger partial charge in [0.15, 0.2) is 0 Å². The van der Waals surface area contributed by atoms with Gasteiger partial charge in [-0.2, -0.15) is 0 Å². The van der Waals surface area contributed by atoms with Crippen molar-refractivity contribution in [3.63, 3.8) is 0 Å². The summed E-state index contributed by atoms with van der Waals surface area (Å²) in [6.07, 6.45) is -0.457. The Morgan fingerprint density at radius 2 is 1.76 bits per heavy atom. The van der Waals surface area contributed by atoms with Crippen LogP contribution in [-0.2, 0) is 0 Å². The van der Waals surface area contributed by atoms with Crippen LogP contribution in [0.15, 0.2) is 16.6 Å². The first-order valence-electron chi connectivity index (χ1n) is 7.90. The predicted octanol–water partition coefficient (Wildman–Crippen LogP) is 3.59. The van der Waals surface area contributed by atoms with E-state index < -0.39 is 6.10 Å². The molecule has 2 rings (SSSR count). The largest absolute Gasteiger partial charge is 0.484 e. The maximum Gasteiger partial charge on any atom is 0.257 e. The minimum atomic E-state index is -0.457. The van der Waals surface area contributed by atoms with E-state index in [-0.39, 0.29) is 11.9 Å². The number of anilines is 1. The first kappa shape index (κ1) is 19.2. The average molecular weight is 407 g/mol. The number of halogens is 1. The smallest absolute Gasteiger partial charge is 0.257 e. The van der Waals surface area contributed by atoms with Crippen molar-refractivity contribution in [2.45, 2.75) is 33.8 Å². The molecule has 0 aliphatic heterocycles. The zero-order chi connectivity index (χ0) is 18.9. The van der Waals surface area contributed by atoms with Crippen molar-refractivity contribution in [3.8, 4) is 5.75 Å². The number of ether oxygens (including phenoxy) is 1. The van der Waals surface area contributed by atoms with Crippen LogP contribution in [-0.4, -0.2) is 34.9 Å². The van der Waals surface area contributed by atoms with Gasteiger partial charge in [-0.05, 0) is 51.0 Å². The van der Waals surface area contributed by atoms with Crippen LogP contribution in [0, 0.1) is 20.8 Å². The number of rotatable bonds is 4. The van der Waals surface area contributed by atoms with E-state index in [1.54, 1.807) is 21.0 Å². The van der Waals surface area contributed by atoms with E-state index in [0.29, 0.717) is 17.0 Å². The van der Waals surface area contributed by atoms with Crippen molar-refractivity contribution in [2.24, 2.45) is 0 Å². The van der Waals surface area contributed by atoms with E-state index >= 15 is 0 Å². The van der Waals surface area contributed by atoms with E-state index in [0.717, 1.165) is 21.3 Å². The summed E-state index contributed by atoms with van der Waals surface area (Å²) < 4.78 is 7.15. The predicted molar refractivity (Wildman–Crippen MR) is 102 cm³/mol. The summed E-state index contributed by atoms with van der Waals surface area (Å²) in [5.74, 6) is 0.725. The number of aryl methyl sites for hydroxylation is 3. The Balaban J connectivity index is 2.50. The monoisotopic (exact) mass is 406 g/mol. The van der Waals surface area contributed by atoms with E-state index in [1.165, 1.54) is 4.90 Å². The zero-order valence-electron chi connectivity index (χ0n) is 15.3. The number of nitrogens with two attached hydrogens (primary N) is 1. The number of aromatic nitrogens is 2. The van der Waals surface area contributed by atoms with Crippen molar-refractivity contribution in [1.29, 1.82) is 0 Å². The van der Waals surface area contributed by atoms with Gasteiger partial charge in [0, 0.05) is 18.6 Å².